The van der Waals surface area contributed by atoms with E-state index < -0.39 is 0 Å². The van der Waals surface area contributed by atoms with Crippen molar-refractivity contribution >= 4 is 5.91 Å². The van der Waals surface area contributed by atoms with Crippen LogP contribution in [-0.4, -0.2) is 29.2 Å². The first-order valence-corrected chi connectivity index (χ1v) is 7.33. The van der Waals surface area contributed by atoms with Crippen LogP contribution < -0.4 is 15.5 Å². The van der Waals surface area contributed by atoms with E-state index in [1.165, 1.54) is 23.9 Å². The molecule has 0 spiro atoms. The van der Waals surface area contributed by atoms with Gasteiger partial charge in [0, 0.05) is 18.3 Å². The molecule has 0 unspecified atom stereocenters. The van der Waals surface area contributed by atoms with Crippen LogP contribution >= 0.6 is 0 Å². The summed E-state index contributed by atoms with van der Waals surface area (Å²) in [6.07, 6.45) is 2.18. The number of nitrogens with zero attached hydrogens (tertiary/aromatic N) is 1. The molecular formula is C17H20N2O4. The largest absolute Gasteiger partial charge is 0.491 e. The van der Waals surface area contributed by atoms with Crippen molar-refractivity contribution < 1.29 is 14.6 Å². The van der Waals surface area contributed by atoms with Gasteiger partial charge in [-0.15, -0.1) is 0 Å². The van der Waals surface area contributed by atoms with Gasteiger partial charge in [-0.3, -0.25) is 9.59 Å². The van der Waals surface area contributed by atoms with Crippen molar-refractivity contribution in [2.45, 2.75) is 19.6 Å². The minimum absolute atomic E-state index is 0.0152. The average Bonchev–Trinajstić information content (AvgIpc) is 2.57. The van der Waals surface area contributed by atoms with E-state index in [0.29, 0.717) is 12.2 Å². The highest BCUT2D eigenvalue weighted by molar-refractivity contribution is 5.75. The Morgan fingerprint density at radius 2 is 2.04 bits per heavy atom. The second-order valence-electron chi connectivity index (χ2n) is 5.07. The van der Waals surface area contributed by atoms with E-state index in [-0.39, 0.29) is 30.2 Å². The third-order valence-corrected chi connectivity index (χ3v) is 3.46. The number of nitrogens with one attached hydrogen (secondary N) is 1. The van der Waals surface area contributed by atoms with E-state index in [0.717, 1.165) is 12.0 Å². The second-order valence-corrected chi connectivity index (χ2v) is 5.07. The molecular weight excluding hydrogens is 296 g/mol. The topological polar surface area (TPSA) is 80.6 Å². The molecule has 0 aliphatic heterocycles. The third kappa shape index (κ3) is 4.69. The molecule has 1 heterocycles. The fraction of sp³-hybridized carbons (Fsp3) is 0.294. The molecule has 2 aromatic rings. The van der Waals surface area contributed by atoms with Crippen LogP contribution in [0.25, 0.3) is 0 Å². The lowest BCUT2D eigenvalue weighted by molar-refractivity contribution is -0.121. The average molecular weight is 316 g/mol. The number of carbonyl (C=O) groups excluding carboxylic acids is 1. The molecule has 6 heteroatoms. The summed E-state index contributed by atoms with van der Waals surface area (Å²) in [5, 5.41) is 12.1. The normalized spacial score (nSPS) is 10.3. The molecule has 0 aliphatic rings. The van der Waals surface area contributed by atoms with Crippen LogP contribution in [0.1, 0.15) is 11.3 Å². The van der Waals surface area contributed by atoms with Crippen molar-refractivity contribution in [3.05, 3.63) is 64.1 Å². The van der Waals surface area contributed by atoms with Crippen molar-refractivity contribution in [3.8, 4) is 5.75 Å². The predicted octanol–water partition coefficient (Wildman–Crippen LogP) is 0.708. The van der Waals surface area contributed by atoms with E-state index in [2.05, 4.69) is 5.32 Å². The molecule has 23 heavy (non-hydrogen) atoms. The maximum Gasteiger partial charge on any atom is 0.239 e. The zero-order valence-electron chi connectivity index (χ0n) is 13.0. The summed E-state index contributed by atoms with van der Waals surface area (Å²) in [6.45, 7) is 0.215. The number of benzene rings is 1. The molecule has 2 N–H and O–H groups in total. The first kappa shape index (κ1) is 16.8. The molecule has 0 saturated heterocycles. The Labute approximate surface area is 134 Å². The number of ether oxygens (including phenoxy) is 1. The van der Waals surface area contributed by atoms with Crippen LogP contribution in [0.5, 0.6) is 5.75 Å². The van der Waals surface area contributed by atoms with Crippen molar-refractivity contribution in [3.63, 3.8) is 0 Å². The number of hydrogen-bond acceptors (Lipinski definition) is 4. The molecule has 0 atom stereocenters. The molecule has 1 amide bonds. The lowest BCUT2D eigenvalue weighted by atomic mass is 10.1. The van der Waals surface area contributed by atoms with Gasteiger partial charge in [0.05, 0.1) is 19.9 Å². The maximum atomic E-state index is 12.0. The second kappa shape index (κ2) is 8.14. The molecule has 1 aromatic carbocycles. The Morgan fingerprint density at radius 3 is 2.70 bits per heavy atom. The summed E-state index contributed by atoms with van der Waals surface area (Å²) < 4.78 is 6.47. The number of amides is 1. The van der Waals surface area contributed by atoms with E-state index in [9.17, 15) is 14.7 Å². The zero-order chi connectivity index (χ0) is 16.7. The number of pyridine rings is 1. The van der Waals surface area contributed by atoms with Gasteiger partial charge in [0.2, 0.25) is 11.3 Å². The van der Waals surface area contributed by atoms with E-state index >= 15 is 0 Å². The van der Waals surface area contributed by atoms with Gasteiger partial charge in [0.15, 0.2) is 5.75 Å². The molecule has 0 saturated carbocycles. The van der Waals surface area contributed by atoms with Crippen LogP contribution in [0.15, 0.2) is 47.4 Å². The molecule has 1 aromatic heterocycles. The van der Waals surface area contributed by atoms with Crippen LogP contribution in [0, 0.1) is 0 Å². The number of carbonyl (C=O) groups is 1. The van der Waals surface area contributed by atoms with Gasteiger partial charge in [-0.25, -0.2) is 0 Å². The lowest BCUT2D eigenvalue weighted by Crippen LogP contribution is -2.30. The van der Waals surface area contributed by atoms with Gasteiger partial charge in [-0.05, 0) is 12.0 Å². The van der Waals surface area contributed by atoms with Crippen molar-refractivity contribution in [1.29, 1.82) is 0 Å². The summed E-state index contributed by atoms with van der Waals surface area (Å²) >= 11 is 0. The van der Waals surface area contributed by atoms with Crippen molar-refractivity contribution in [1.82, 2.24) is 9.88 Å². The number of hydrogen-bond donors (Lipinski definition) is 2. The number of aromatic nitrogens is 1. The van der Waals surface area contributed by atoms with Gasteiger partial charge < -0.3 is 19.7 Å². The molecule has 0 fully saturated rings. The Kier molecular flexibility index (Phi) is 5.94. The predicted molar refractivity (Wildman–Crippen MR) is 86.3 cm³/mol. The first-order chi connectivity index (χ1) is 11.1. The van der Waals surface area contributed by atoms with Crippen molar-refractivity contribution in [2.24, 2.45) is 0 Å². The maximum absolute atomic E-state index is 12.0. The van der Waals surface area contributed by atoms with Gasteiger partial charge in [0.25, 0.3) is 0 Å². The highest BCUT2D eigenvalue weighted by atomic mass is 16.5. The molecule has 2 rings (SSSR count). The van der Waals surface area contributed by atoms with E-state index in [1.807, 2.05) is 30.3 Å². The Morgan fingerprint density at radius 1 is 1.30 bits per heavy atom. The molecule has 6 nitrogen and oxygen atoms in total. The summed E-state index contributed by atoms with van der Waals surface area (Å²) in [4.78, 5) is 23.7. The summed E-state index contributed by atoms with van der Waals surface area (Å²) in [7, 11) is 1.39. The van der Waals surface area contributed by atoms with Gasteiger partial charge in [-0.1, -0.05) is 30.3 Å². The minimum Gasteiger partial charge on any atom is -0.491 e. The molecule has 0 radical (unpaired) electrons. The van der Waals surface area contributed by atoms with Crippen LogP contribution in [0.4, 0.5) is 0 Å². The Balaban J connectivity index is 1.95. The standard InChI is InChI=1S/C17H20N2O4/c1-23-16-10-19(14(12-20)9-15(16)21)11-17(22)18-8-7-13-5-3-2-4-6-13/h2-6,9-10,20H,7-8,11-12H2,1H3,(H,18,22). The molecule has 122 valence electrons. The lowest BCUT2D eigenvalue weighted by Gasteiger charge is -2.13. The number of methoxy groups -OCH3 is 1. The fourth-order valence-corrected chi connectivity index (χ4v) is 2.23. The smallest absolute Gasteiger partial charge is 0.239 e. The van der Waals surface area contributed by atoms with Gasteiger partial charge in [-0.2, -0.15) is 0 Å². The quantitative estimate of drug-likeness (QED) is 0.788. The number of aliphatic hydroxyl groups is 1. The zero-order valence-corrected chi connectivity index (χ0v) is 13.0. The SMILES string of the molecule is COc1cn(CC(=O)NCCc2ccccc2)c(CO)cc1=O. The van der Waals surface area contributed by atoms with Crippen LogP contribution in [-0.2, 0) is 24.4 Å². The van der Waals surface area contributed by atoms with Gasteiger partial charge >= 0.3 is 0 Å². The summed E-state index contributed by atoms with van der Waals surface area (Å²) in [5.74, 6) is -0.0550. The Hall–Kier alpha value is -2.60. The minimum atomic E-state index is -0.323. The monoisotopic (exact) mass is 316 g/mol. The van der Waals surface area contributed by atoms with Crippen LogP contribution in [0.2, 0.25) is 0 Å². The third-order valence-electron chi connectivity index (χ3n) is 3.46. The first-order valence-electron chi connectivity index (χ1n) is 7.33. The van der Waals surface area contributed by atoms with E-state index in [1.54, 1.807) is 0 Å². The number of aliphatic hydroxyl groups excluding tert-OH is 1. The molecule has 0 aliphatic carbocycles. The fourth-order valence-electron chi connectivity index (χ4n) is 2.23. The number of rotatable bonds is 7. The summed E-state index contributed by atoms with van der Waals surface area (Å²) in [6, 6.07) is 11.1. The van der Waals surface area contributed by atoms with Crippen molar-refractivity contribution in [2.75, 3.05) is 13.7 Å². The highest BCUT2D eigenvalue weighted by Gasteiger charge is 2.09. The van der Waals surface area contributed by atoms with E-state index in [4.69, 9.17) is 4.74 Å². The van der Waals surface area contributed by atoms with Gasteiger partial charge in [0.1, 0.15) is 6.54 Å². The highest BCUT2D eigenvalue weighted by Crippen LogP contribution is 2.06. The summed E-state index contributed by atoms with van der Waals surface area (Å²) in [5.41, 5.74) is 1.19. The molecule has 0 bridgehead atoms. The Bertz CT molecular complexity index is 710. The van der Waals surface area contributed by atoms with Crippen LogP contribution in [0.3, 0.4) is 0 Å².